The molecule has 0 aromatic heterocycles. The van der Waals surface area contributed by atoms with Crippen LogP contribution in [0.3, 0.4) is 0 Å². The molecule has 4 N–H and O–H groups in total. The van der Waals surface area contributed by atoms with Crippen molar-refractivity contribution in [2.24, 2.45) is 5.92 Å². The minimum Gasteiger partial charge on any atom is -0.481 e. The second-order valence-corrected chi connectivity index (χ2v) is 10.8. The molecule has 0 radical (unpaired) electrons. The van der Waals surface area contributed by atoms with Gasteiger partial charge in [-0.1, -0.05) is 55.8 Å². The van der Waals surface area contributed by atoms with E-state index in [0.29, 0.717) is 23.5 Å². The van der Waals surface area contributed by atoms with Crippen LogP contribution in [0.2, 0.25) is 5.02 Å². The second-order valence-electron chi connectivity index (χ2n) is 10.4. The summed E-state index contributed by atoms with van der Waals surface area (Å²) < 4.78 is 40.1. The summed E-state index contributed by atoms with van der Waals surface area (Å²) in [5, 5.41) is 24.3. The zero-order valence-electron chi connectivity index (χ0n) is 22.7. The van der Waals surface area contributed by atoms with Gasteiger partial charge < -0.3 is 25.7 Å². The maximum absolute atomic E-state index is 13.4. The highest BCUT2D eigenvalue weighted by molar-refractivity contribution is 6.31. The molecule has 1 aliphatic rings. The fourth-order valence-electron chi connectivity index (χ4n) is 4.93. The van der Waals surface area contributed by atoms with E-state index in [-0.39, 0.29) is 25.2 Å². The minimum absolute atomic E-state index is 0.00928. The van der Waals surface area contributed by atoms with E-state index in [2.05, 4.69) is 10.6 Å². The summed E-state index contributed by atoms with van der Waals surface area (Å²) >= 11 is 5.72. The van der Waals surface area contributed by atoms with Gasteiger partial charge in [-0.15, -0.1) is 0 Å². The number of aliphatic hydroxyl groups is 1. The standard InChI is InChI=1S/C29H35ClF3N3O5/c1-18(25(37)15-19-5-3-2-4-6-19)36(28(41)35-22-11-12-24(30)23(16-22)29(31,32)33)17-20-7-9-21(10-8-20)27(40)34-14-13-26(38)39/h7-12,16,18-19,25,37H,2-6,13-15,17H2,1H3,(H,34,40)(H,35,41)(H,38,39). The Bertz CT molecular complexity index is 1200. The van der Waals surface area contributed by atoms with Gasteiger partial charge in [0.05, 0.1) is 29.2 Å². The Balaban J connectivity index is 1.78. The molecule has 0 heterocycles. The van der Waals surface area contributed by atoms with Crippen molar-refractivity contribution < 1.29 is 37.8 Å². The zero-order chi connectivity index (χ0) is 30.2. The number of nitrogens with one attached hydrogen (secondary N) is 2. The van der Waals surface area contributed by atoms with Crippen molar-refractivity contribution in [3.05, 3.63) is 64.2 Å². The van der Waals surface area contributed by atoms with Gasteiger partial charge in [0.1, 0.15) is 0 Å². The van der Waals surface area contributed by atoms with E-state index in [0.717, 1.165) is 44.2 Å². The monoisotopic (exact) mass is 597 g/mol. The Morgan fingerprint density at radius 3 is 2.34 bits per heavy atom. The number of aliphatic hydroxyl groups excluding tert-OH is 1. The Hall–Kier alpha value is -3.31. The average molecular weight is 598 g/mol. The number of nitrogens with zero attached hydrogens (tertiary/aromatic N) is 1. The van der Waals surface area contributed by atoms with Gasteiger partial charge in [-0.25, -0.2) is 4.79 Å². The molecule has 3 amide bonds. The molecular weight excluding hydrogens is 563 g/mol. The van der Waals surface area contributed by atoms with E-state index in [1.54, 1.807) is 19.1 Å². The fraction of sp³-hybridized carbons (Fsp3) is 0.483. The molecule has 2 unspecified atom stereocenters. The number of benzene rings is 2. The first kappa shape index (κ1) is 32.2. The van der Waals surface area contributed by atoms with Crippen LogP contribution in [-0.4, -0.2) is 51.7 Å². The van der Waals surface area contributed by atoms with Crippen molar-refractivity contribution in [1.82, 2.24) is 10.2 Å². The first-order valence-corrected chi connectivity index (χ1v) is 13.9. The number of halogens is 4. The summed E-state index contributed by atoms with van der Waals surface area (Å²) in [6, 6.07) is 8.02. The number of alkyl halides is 3. The molecular formula is C29H35ClF3N3O5. The smallest absolute Gasteiger partial charge is 0.417 e. The molecule has 1 aliphatic carbocycles. The number of urea groups is 1. The lowest BCUT2D eigenvalue weighted by Gasteiger charge is -2.35. The molecule has 12 heteroatoms. The fourth-order valence-corrected chi connectivity index (χ4v) is 5.15. The summed E-state index contributed by atoms with van der Waals surface area (Å²) in [5.74, 6) is -1.16. The molecule has 2 aromatic rings. The molecule has 8 nitrogen and oxygen atoms in total. The van der Waals surface area contributed by atoms with Gasteiger partial charge in [0.15, 0.2) is 0 Å². The van der Waals surface area contributed by atoms with E-state index in [9.17, 15) is 32.7 Å². The van der Waals surface area contributed by atoms with E-state index < -0.39 is 46.8 Å². The molecule has 0 bridgehead atoms. The summed E-state index contributed by atoms with van der Waals surface area (Å²) in [7, 11) is 0. The lowest BCUT2D eigenvalue weighted by Crippen LogP contribution is -2.47. The van der Waals surface area contributed by atoms with Gasteiger partial charge >= 0.3 is 18.2 Å². The predicted octanol–water partition coefficient (Wildman–Crippen LogP) is 6.32. The molecule has 1 fully saturated rings. The largest absolute Gasteiger partial charge is 0.481 e. The minimum atomic E-state index is -4.71. The SMILES string of the molecule is CC(C(O)CC1CCCCC1)N(Cc1ccc(C(=O)NCCC(=O)O)cc1)C(=O)Nc1ccc(Cl)c(C(F)(F)F)c1. The molecule has 0 spiro atoms. The third-order valence-electron chi connectivity index (χ3n) is 7.33. The summed E-state index contributed by atoms with van der Waals surface area (Å²) in [6.07, 6.45) is 0.0439. The van der Waals surface area contributed by atoms with Gasteiger partial charge in [-0.2, -0.15) is 13.2 Å². The Morgan fingerprint density at radius 1 is 1.07 bits per heavy atom. The third-order valence-corrected chi connectivity index (χ3v) is 7.65. The lowest BCUT2D eigenvalue weighted by molar-refractivity contribution is -0.138. The van der Waals surface area contributed by atoms with Crippen LogP contribution >= 0.6 is 11.6 Å². The summed E-state index contributed by atoms with van der Waals surface area (Å²) in [5.41, 5.74) is -0.266. The molecule has 2 aromatic carbocycles. The predicted molar refractivity (Wildman–Crippen MR) is 149 cm³/mol. The van der Waals surface area contributed by atoms with Crippen molar-refractivity contribution in [1.29, 1.82) is 0 Å². The normalized spacial score (nSPS) is 15.6. The van der Waals surface area contributed by atoms with Crippen molar-refractivity contribution >= 4 is 35.2 Å². The first-order valence-electron chi connectivity index (χ1n) is 13.6. The zero-order valence-corrected chi connectivity index (χ0v) is 23.5. The Labute approximate surface area is 241 Å². The van der Waals surface area contributed by atoms with Crippen LogP contribution in [0.4, 0.5) is 23.7 Å². The van der Waals surface area contributed by atoms with Gasteiger partial charge in [0.2, 0.25) is 0 Å². The number of hydrogen-bond acceptors (Lipinski definition) is 4. The van der Waals surface area contributed by atoms with Crippen molar-refractivity contribution in [2.75, 3.05) is 11.9 Å². The van der Waals surface area contributed by atoms with Gasteiger partial charge in [0, 0.05) is 24.3 Å². The lowest BCUT2D eigenvalue weighted by atomic mass is 9.84. The first-order chi connectivity index (χ1) is 19.3. The summed E-state index contributed by atoms with van der Waals surface area (Å²) in [6.45, 7) is 1.68. The number of anilines is 1. The highest BCUT2D eigenvalue weighted by Gasteiger charge is 2.34. The highest BCUT2D eigenvalue weighted by Crippen LogP contribution is 2.36. The maximum Gasteiger partial charge on any atom is 0.417 e. The van der Waals surface area contributed by atoms with Gasteiger partial charge in [0.25, 0.3) is 5.91 Å². The topological polar surface area (TPSA) is 119 Å². The molecule has 224 valence electrons. The van der Waals surface area contributed by atoms with Crippen LogP contribution in [0.5, 0.6) is 0 Å². The molecule has 3 rings (SSSR count). The molecule has 0 saturated heterocycles. The van der Waals surface area contributed by atoms with Crippen LogP contribution < -0.4 is 10.6 Å². The number of rotatable bonds is 11. The average Bonchev–Trinajstić information content (AvgIpc) is 2.92. The number of carbonyl (C=O) groups excluding carboxylic acids is 2. The number of carbonyl (C=O) groups is 3. The van der Waals surface area contributed by atoms with Crippen molar-refractivity contribution in [3.63, 3.8) is 0 Å². The van der Waals surface area contributed by atoms with Crippen molar-refractivity contribution in [3.8, 4) is 0 Å². The van der Waals surface area contributed by atoms with E-state index >= 15 is 0 Å². The number of carboxylic acids is 1. The molecule has 0 aliphatic heterocycles. The molecule has 1 saturated carbocycles. The second kappa shape index (κ2) is 14.5. The van der Waals surface area contributed by atoms with Crippen LogP contribution in [0.1, 0.15) is 73.4 Å². The van der Waals surface area contributed by atoms with Gasteiger partial charge in [-0.05, 0) is 55.2 Å². The van der Waals surface area contributed by atoms with Crippen LogP contribution in [-0.2, 0) is 17.5 Å². The third kappa shape index (κ3) is 9.64. The van der Waals surface area contributed by atoms with Crippen LogP contribution in [0.15, 0.2) is 42.5 Å². The Morgan fingerprint density at radius 2 is 1.73 bits per heavy atom. The molecule has 41 heavy (non-hydrogen) atoms. The van der Waals surface area contributed by atoms with E-state index in [1.165, 1.54) is 23.1 Å². The Kier molecular flexibility index (Phi) is 11.4. The highest BCUT2D eigenvalue weighted by atomic mass is 35.5. The number of aliphatic carboxylic acids is 1. The molecule has 2 atom stereocenters. The van der Waals surface area contributed by atoms with E-state index in [4.69, 9.17) is 16.7 Å². The quantitative estimate of drug-likeness (QED) is 0.242. The van der Waals surface area contributed by atoms with Gasteiger partial charge in [-0.3, -0.25) is 9.59 Å². The maximum atomic E-state index is 13.4. The number of hydrogen-bond donors (Lipinski definition) is 4. The van der Waals surface area contributed by atoms with E-state index in [1.807, 2.05) is 0 Å². The van der Waals surface area contributed by atoms with Crippen LogP contribution in [0, 0.1) is 5.92 Å². The number of amides is 3. The van der Waals surface area contributed by atoms with Crippen molar-refractivity contribution in [2.45, 2.75) is 76.7 Å². The van der Waals surface area contributed by atoms with Crippen LogP contribution in [0.25, 0.3) is 0 Å². The summed E-state index contributed by atoms with van der Waals surface area (Å²) in [4.78, 5) is 37.7. The number of carboxylic acid groups (broad SMARTS) is 1.